The number of nitrogens with zero attached hydrogens (tertiary/aromatic N) is 2. The highest BCUT2D eigenvalue weighted by molar-refractivity contribution is 6.24. The summed E-state index contributed by atoms with van der Waals surface area (Å²) in [7, 11) is 3.12. The first-order valence-corrected chi connectivity index (χ1v) is 13.8. The second-order valence-electron chi connectivity index (χ2n) is 12.3. The van der Waals surface area contributed by atoms with Crippen molar-refractivity contribution in [2.75, 3.05) is 20.6 Å². The zero-order valence-electron chi connectivity index (χ0n) is 22.5. The molecule has 1 aliphatic heterocycles. The third kappa shape index (κ3) is 3.53. The van der Waals surface area contributed by atoms with Crippen molar-refractivity contribution in [1.29, 1.82) is 0 Å². The van der Waals surface area contributed by atoms with Crippen LogP contribution in [-0.2, 0) is 22.6 Å². The number of allylic oxidation sites excluding steroid dienone is 1. The predicted octanol–water partition coefficient (Wildman–Crippen LogP) is 1.78. The Morgan fingerprint density at radius 3 is 2.50 bits per heavy atom. The Labute approximate surface area is 230 Å². The Morgan fingerprint density at radius 1 is 1.18 bits per heavy atom. The molecule has 6 N–H and O–H groups in total. The largest absolute Gasteiger partial charge is 0.510 e. The Balaban J connectivity index is 1.44. The van der Waals surface area contributed by atoms with Gasteiger partial charge in [-0.25, -0.2) is 4.39 Å². The first-order chi connectivity index (χ1) is 18.8. The van der Waals surface area contributed by atoms with Crippen LogP contribution >= 0.6 is 0 Å². The number of carbonyl (C=O) groups excluding carboxylic acids is 3. The maximum absolute atomic E-state index is 16.1. The number of primary amides is 1. The Hall–Kier alpha value is -3.28. The first-order valence-electron chi connectivity index (χ1n) is 13.8. The molecule has 1 aromatic carbocycles. The van der Waals surface area contributed by atoms with Crippen LogP contribution in [-0.4, -0.2) is 85.5 Å². The Kier molecular flexibility index (Phi) is 5.96. The number of nitrogens with two attached hydrogens (primary N) is 1. The summed E-state index contributed by atoms with van der Waals surface area (Å²) in [6, 6.07) is 0.165. The summed E-state index contributed by atoms with van der Waals surface area (Å²) in [6.07, 6.45) is 5.21. The number of aliphatic hydroxyl groups excluding tert-OH is 2. The van der Waals surface area contributed by atoms with Gasteiger partial charge in [0.2, 0.25) is 5.78 Å². The Bertz CT molecular complexity index is 1430. The van der Waals surface area contributed by atoms with E-state index in [1.165, 1.54) is 11.0 Å². The minimum atomic E-state index is -2.72. The molecule has 0 unspecified atom stereocenters. The van der Waals surface area contributed by atoms with Gasteiger partial charge in [0.1, 0.15) is 28.7 Å². The number of carbonyl (C=O) groups is 3. The summed E-state index contributed by atoms with van der Waals surface area (Å²) >= 11 is 0. The number of ketones is 2. The van der Waals surface area contributed by atoms with Crippen molar-refractivity contribution >= 4 is 17.5 Å². The smallest absolute Gasteiger partial charge is 0.255 e. The van der Waals surface area contributed by atoms with Crippen molar-refractivity contribution in [3.63, 3.8) is 0 Å². The lowest BCUT2D eigenvalue weighted by molar-refractivity contribution is -0.148. The minimum absolute atomic E-state index is 0.0370. The van der Waals surface area contributed by atoms with E-state index >= 15 is 4.39 Å². The number of phenols is 1. The molecule has 11 heteroatoms. The fourth-order valence-electron chi connectivity index (χ4n) is 7.78. The molecule has 10 nitrogen and oxygen atoms in total. The maximum Gasteiger partial charge on any atom is 0.255 e. The fourth-order valence-corrected chi connectivity index (χ4v) is 7.78. The molecule has 1 heterocycles. The van der Waals surface area contributed by atoms with E-state index < -0.39 is 69.6 Å². The number of likely N-dealkylation sites (tertiary alicyclic amines) is 1. The highest BCUT2D eigenvalue weighted by Gasteiger charge is 2.63. The van der Waals surface area contributed by atoms with Crippen LogP contribution in [0, 0.1) is 17.7 Å². The van der Waals surface area contributed by atoms with Crippen LogP contribution in [0.5, 0.6) is 5.75 Å². The van der Waals surface area contributed by atoms with Gasteiger partial charge in [-0.3, -0.25) is 24.2 Å². The molecule has 214 valence electrons. The van der Waals surface area contributed by atoms with E-state index in [2.05, 4.69) is 4.90 Å². The van der Waals surface area contributed by atoms with Gasteiger partial charge in [0.05, 0.1) is 11.6 Å². The molecule has 1 saturated carbocycles. The van der Waals surface area contributed by atoms with E-state index in [9.17, 15) is 34.8 Å². The Morgan fingerprint density at radius 2 is 1.88 bits per heavy atom. The van der Waals surface area contributed by atoms with Crippen LogP contribution in [0.15, 0.2) is 28.7 Å². The van der Waals surface area contributed by atoms with E-state index in [0.29, 0.717) is 12.1 Å². The second-order valence-corrected chi connectivity index (χ2v) is 12.3. The van der Waals surface area contributed by atoms with Crippen LogP contribution in [0.1, 0.15) is 60.0 Å². The molecule has 0 aromatic heterocycles. The second kappa shape index (κ2) is 8.86. The van der Waals surface area contributed by atoms with Gasteiger partial charge >= 0.3 is 0 Å². The summed E-state index contributed by atoms with van der Waals surface area (Å²) < 4.78 is 16.1. The molecule has 0 bridgehead atoms. The first kappa shape index (κ1) is 26.9. The molecule has 4 aliphatic carbocycles. The summed E-state index contributed by atoms with van der Waals surface area (Å²) in [5.74, 6) is -8.03. The number of phenolic OH excluding ortho intramolecular Hbond substituents is 1. The molecule has 6 rings (SSSR count). The molecule has 2 fully saturated rings. The molecule has 0 radical (unpaired) electrons. The van der Waals surface area contributed by atoms with Gasteiger partial charge in [-0.05, 0) is 71.1 Å². The molecule has 1 spiro atoms. The van der Waals surface area contributed by atoms with Crippen LogP contribution in [0.3, 0.4) is 0 Å². The van der Waals surface area contributed by atoms with Gasteiger partial charge in [0.25, 0.3) is 5.91 Å². The maximum atomic E-state index is 16.1. The number of amides is 1. The van der Waals surface area contributed by atoms with Gasteiger partial charge in [0.15, 0.2) is 11.4 Å². The predicted molar refractivity (Wildman–Crippen MR) is 140 cm³/mol. The van der Waals surface area contributed by atoms with Gasteiger partial charge < -0.3 is 26.2 Å². The quantitative estimate of drug-likeness (QED) is 0.348. The monoisotopic (exact) mass is 555 g/mol. The number of aliphatic hydroxyl groups is 3. The van der Waals surface area contributed by atoms with Crippen molar-refractivity contribution in [2.45, 2.75) is 68.7 Å². The number of rotatable bonds is 4. The van der Waals surface area contributed by atoms with Crippen molar-refractivity contribution in [1.82, 2.24) is 9.80 Å². The SMILES string of the molecule is CN(C)[C@@H]1C(O)=C(C(N)=O)C(=O)[C@@]2(O)C(O)=C3C(=O)c4c(O)cc(CN5CCCCC56CC6)c(F)c4C[C@H]3C[C@@H]12. The lowest BCUT2D eigenvalue weighted by Gasteiger charge is -2.50. The number of aromatic hydroxyl groups is 1. The van der Waals surface area contributed by atoms with Gasteiger partial charge in [-0.2, -0.15) is 0 Å². The van der Waals surface area contributed by atoms with Crippen LogP contribution in [0.4, 0.5) is 4.39 Å². The van der Waals surface area contributed by atoms with Gasteiger partial charge in [0, 0.05) is 34.7 Å². The topological polar surface area (TPSA) is 165 Å². The summed E-state index contributed by atoms with van der Waals surface area (Å²) in [5.41, 5.74) is 1.60. The van der Waals surface area contributed by atoms with Crippen LogP contribution in [0.25, 0.3) is 0 Å². The van der Waals surface area contributed by atoms with Gasteiger partial charge in [-0.1, -0.05) is 6.42 Å². The fraction of sp³-hybridized carbons (Fsp3) is 0.552. The van der Waals surface area contributed by atoms with E-state index in [4.69, 9.17) is 5.73 Å². The number of fused-ring (bicyclic) bond motifs is 3. The third-order valence-corrected chi connectivity index (χ3v) is 9.91. The number of piperidine rings is 1. The molecule has 5 aliphatic rings. The van der Waals surface area contributed by atoms with Crippen molar-refractivity contribution < 1.29 is 39.2 Å². The van der Waals surface area contributed by atoms with Crippen molar-refractivity contribution in [3.8, 4) is 5.75 Å². The zero-order valence-corrected chi connectivity index (χ0v) is 22.5. The van der Waals surface area contributed by atoms with Crippen LogP contribution < -0.4 is 5.73 Å². The molecule has 1 saturated heterocycles. The van der Waals surface area contributed by atoms with Crippen molar-refractivity contribution in [3.05, 3.63) is 51.2 Å². The minimum Gasteiger partial charge on any atom is -0.510 e. The lowest BCUT2D eigenvalue weighted by atomic mass is 9.58. The van der Waals surface area contributed by atoms with E-state index in [-0.39, 0.29) is 35.1 Å². The number of benzene rings is 1. The van der Waals surface area contributed by atoms with Crippen molar-refractivity contribution in [2.24, 2.45) is 17.6 Å². The molecule has 40 heavy (non-hydrogen) atoms. The highest BCUT2D eigenvalue weighted by atomic mass is 19.1. The third-order valence-electron chi connectivity index (χ3n) is 9.91. The number of likely N-dealkylation sites (N-methyl/N-ethyl adjacent to an activating group) is 1. The lowest BCUT2D eigenvalue weighted by Crippen LogP contribution is -2.63. The average Bonchev–Trinajstić information content (AvgIpc) is 3.65. The number of hydrogen-bond acceptors (Lipinski definition) is 9. The summed E-state index contributed by atoms with van der Waals surface area (Å²) in [6.45, 7) is 1.15. The standard InChI is InChI=1S/C29H34FN3O7/c1-32(2)22-16-10-13-9-15-19(17(34)11-14(21(15)30)12-33-8-4-3-5-28(33)6-7-28)23(35)18(13)25(37)29(16,40)26(38)20(24(22)36)27(31)39/h11,13,16,22,34,36-37,40H,3-10,12H2,1-2H3,(H2,31,39)/t13-,16-,22-,29-/m0/s1. The molecular weight excluding hydrogens is 521 g/mol. The average molecular weight is 556 g/mol. The molecule has 1 aromatic rings. The summed E-state index contributed by atoms with van der Waals surface area (Å²) in [4.78, 5) is 42.9. The zero-order chi connectivity index (χ0) is 28.9. The molecule has 4 atom stereocenters. The van der Waals surface area contributed by atoms with Gasteiger partial charge in [-0.15, -0.1) is 0 Å². The highest BCUT2D eigenvalue weighted by Crippen LogP contribution is 2.53. The summed E-state index contributed by atoms with van der Waals surface area (Å²) in [5, 5.41) is 44.8. The number of Topliss-reactive ketones (excluding diaryl/α,β-unsaturated/α-hetero) is 2. The normalized spacial score (nSPS) is 31.4. The van der Waals surface area contributed by atoms with Crippen LogP contribution in [0.2, 0.25) is 0 Å². The van der Waals surface area contributed by atoms with E-state index in [1.54, 1.807) is 14.1 Å². The number of hydrogen-bond donors (Lipinski definition) is 5. The van der Waals surface area contributed by atoms with E-state index in [1.807, 2.05) is 0 Å². The molecular formula is C29H34FN3O7. The number of halogens is 1. The molecule has 1 amide bonds. The van der Waals surface area contributed by atoms with E-state index in [0.717, 1.165) is 38.6 Å².